The molecule has 2 fully saturated rings. The van der Waals surface area contributed by atoms with Gasteiger partial charge in [0.05, 0.1) is 36.3 Å². The van der Waals surface area contributed by atoms with Crippen molar-refractivity contribution < 1.29 is 32.6 Å². The van der Waals surface area contributed by atoms with E-state index in [0.717, 1.165) is 5.56 Å². The first-order chi connectivity index (χ1) is 17.7. The summed E-state index contributed by atoms with van der Waals surface area (Å²) in [5.74, 6) is -1.56. The number of hydrogen-bond acceptors (Lipinski definition) is 7. The van der Waals surface area contributed by atoms with Gasteiger partial charge in [0.2, 0.25) is 10.0 Å². The van der Waals surface area contributed by atoms with Gasteiger partial charge in [-0.2, -0.15) is 4.31 Å². The highest BCUT2D eigenvalue weighted by Crippen LogP contribution is 2.39. The summed E-state index contributed by atoms with van der Waals surface area (Å²) in [4.78, 5) is 27.6. The first-order valence-corrected chi connectivity index (χ1v) is 13.7. The predicted molar refractivity (Wildman–Crippen MR) is 137 cm³/mol. The van der Waals surface area contributed by atoms with Gasteiger partial charge >= 0.3 is 0 Å². The van der Waals surface area contributed by atoms with Crippen LogP contribution in [0.15, 0.2) is 59.0 Å². The van der Waals surface area contributed by atoms with Gasteiger partial charge in [-0.1, -0.05) is 38.1 Å². The zero-order chi connectivity index (χ0) is 26.7. The number of ether oxygens (including phenoxy) is 2. The number of methoxy groups -OCH3 is 1. The number of benzene rings is 2. The number of Topliss-reactive ketones (excluding diaryl/α,β-unsaturated/α-hetero) is 1. The van der Waals surface area contributed by atoms with Crippen LogP contribution >= 0.6 is 0 Å². The Morgan fingerprint density at radius 3 is 2.24 bits per heavy atom. The van der Waals surface area contributed by atoms with E-state index in [9.17, 15) is 23.1 Å². The van der Waals surface area contributed by atoms with Gasteiger partial charge in [0, 0.05) is 32.3 Å². The summed E-state index contributed by atoms with van der Waals surface area (Å²) >= 11 is 0. The molecule has 1 amide bonds. The lowest BCUT2D eigenvalue weighted by Gasteiger charge is -2.26. The monoisotopic (exact) mass is 528 g/mol. The van der Waals surface area contributed by atoms with Crippen molar-refractivity contribution in [2.24, 2.45) is 0 Å². The van der Waals surface area contributed by atoms with Gasteiger partial charge in [-0.25, -0.2) is 8.42 Å². The number of aliphatic hydroxyl groups is 1. The second-order valence-corrected chi connectivity index (χ2v) is 11.3. The normalized spacial score (nSPS) is 20.6. The minimum atomic E-state index is -3.71. The van der Waals surface area contributed by atoms with Gasteiger partial charge in [0.15, 0.2) is 0 Å². The summed E-state index contributed by atoms with van der Waals surface area (Å²) in [7, 11) is -2.21. The van der Waals surface area contributed by atoms with Crippen LogP contribution in [0.4, 0.5) is 0 Å². The van der Waals surface area contributed by atoms with Gasteiger partial charge in [0.25, 0.3) is 11.7 Å². The molecule has 2 aromatic rings. The van der Waals surface area contributed by atoms with Gasteiger partial charge in [-0.05, 0) is 41.3 Å². The maximum absolute atomic E-state index is 13.1. The molecule has 0 spiro atoms. The fourth-order valence-electron chi connectivity index (χ4n) is 4.59. The average Bonchev–Trinajstić information content (AvgIpc) is 3.17. The number of morpholine rings is 1. The van der Waals surface area contributed by atoms with Crippen molar-refractivity contribution in [1.82, 2.24) is 9.21 Å². The number of aliphatic hydroxyl groups excluding tert-OH is 1. The number of rotatable bonds is 8. The highest BCUT2D eigenvalue weighted by atomic mass is 32.2. The Hall–Kier alpha value is -3.05. The van der Waals surface area contributed by atoms with E-state index < -0.39 is 27.8 Å². The highest BCUT2D eigenvalue weighted by Gasteiger charge is 2.45. The van der Waals surface area contributed by atoms with E-state index >= 15 is 0 Å². The van der Waals surface area contributed by atoms with Crippen molar-refractivity contribution in [3.05, 3.63) is 70.8 Å². The largest absolute Gasteiger partial charge is 0.507 e. The third-order valence-electron chi connectivity index (χ3n) is 6.73. The molecule has 0 aromatic heterocycles. The molecule has 0 aliphatic carbocycles. The minimum Gasteiger partial charge on any atom is -0.507 e. The fraction of sp³-hybridized carbons (Fsp3) is 0.407. The molecular weight excluding hydrogens is 496 g/mol. The van der Waals surface area contributed by atoms with E-state index in [1.807, 2.05) is 24.3 Å². The van der Waals surface area contributed by atoms with E-state index in [1.54, 1.807) is 0 Å². The Kier molecular flexibility index (Phi) is 8.13. The Morgan fingerprint density at radius 2 is 1.68 bits per heavy atom. The molecule has 37 heavy (non-hydrogen) atoms. The standard InChI is InChI=1S/C27H32N2O7S/c1-18(2)19-4-6-20(7-5-19)24-23(26(31)27(32)29(24)14-15-35-3)25(30)21-8-10-22(11-9-21)37(33,34)28-12-16-36-17-13-28/h4-11,18,24,30H,12-17H2,1-3H3/b25-23+. The Labute approximate surface area is 217 Å². The molecule has 9 nitrogen and oxygen atoms in total. The second-order valence-electron chi connectivity index (χ2n) is 9.35. The molecule has 1 unspecified atom stereocenters. The van der Waals surface area contributed by atoms with Crippen LogP contribution in [0.5, 0.6) is 0 Å². The summed E-state index contributed by atoms with van der Waals surface area (Å²) in [5, 5.41) is 11.2. The quantitative estimate of drug-likeness (QED) is 0.318. The van der Waals surface area contributed by atoms with Crippen LogP contribution in [-0.2, 0) is 29.1 Å². The molecule has 0 saturated carbocycles. The molecule has 2 aliphatic heterocycles. The zero-order valence-electron chi connectivity index (χ0n) is 21.2. The van der Waals surface area contributed by atoms with Gasteiger partial charge in [0.1, 0.15) is 5.76 Å². The average molecular weight is 529 g/mol. The molecule has 1 N–H and O–H groups in total. The fourth-order valence-corrected chi connectivity index (χ4v) is 5.99. The Morgan fingerprint density at radius 1 is 1.05 bits per heavy atom. The first-order valence-electron chi connectivity index (χ1n) is 12.2. The molecule has 2 saturated heterocycles. The molecular formula is C27H32N2O7S. The molecule has 198 valence electrons. The van der Waals surface area contributed by atoms with Gasteiger partial charge < -0.3 is 19.5 Å². The van der Waals surface area contributed by atoms with Crippen molar-refractivity contribution in [2.75, 3.05) is 46.6 Å². The van der Waals surface area contributed by atoms with Gasteiger partial charge in [-0.3, -0.25) is 9.59 Å². The summed E-state index contributed by atoms with van der Waals surface area (Å²) in [6.45, 7) is 5.74. The Bertz CT molecular complexity index is 1280. The molecule has 2 aromatic carbocycles. The van der Waals surface area contributed by atoms with E-state index in [-0.39, 0.29) is 48.0 Å². The number of carbonyl (C=O) groups excluding carboxylic acids is 2. The number of ketones is 1. The van der Waals surface area contributed by atoms with Crippen molar-refractivity contribution >= 4 is 27.5 Å². The van der Waals surface area contributed by atoms with Crippen LogP contribution in [0.2, 0.25) is 0 Å². The summed E-state index contributed by atoms with van der Waals surface area (Å²) in [6.07, 6.45) is 0. The summed E-state index contributed by atoms with van der Waals surface area (Å²) in [5.41, 5.74) is 2.00. The van der Waals surface area contributed by atoms with Gasteiger partial charge in [-0.15, -0.1) is 0 Å². The van der Waals surface area contributed by atoms with Crippen LogP contribution < -0.4 is 0 Å². The van der Waals surface area contributed by atoms with Crippen LogP contribution in [0.25, 0.3) is 5.76 Å². The van der Waals surface area contributed by atoms with Crippen LogP contribution in [0.3, 0.4) is 0 Å². The van der Waals surface area contributed by atoms with Crippen molar-refractivity contribution in [3.63, 3.8) is 0 Å². The van der Waals surface area contributed by atoms with Crippen molar-refractivity contribution in [1.29, 1.82) is 0 Å². The molecule has 1 atom stereocenters. The van der Waals surface area contributed by atoms with E-state index in [0.29, 0.717) is 24.7 Å². The number of likely N-dealkylation sites (tertiary alicyclic amines) is 1. The highest BCUT2D eigenvalue weighted by molar-refractivity contribution is 7.89. The number of hydrogen-bond donors (Lipinski definition) is 1. The predicted octanol–water partition coefficient (Wildman–Crippen LogP) is 2.90. The maximum Gasteiger partial charge on any atom is 0.295 e. The number of amides is 1. The van der Waals surface area contributed by atoms with Crippen LogP contribution in [0, 0.1) is 0 Å². The lowest BCUT2D eigenvalue weighted by molar-refractivity contribution is -0.140. The van der Waals surface area contributed by atoms with E-state index in [2.05, 4.69) is 13.8 Å². The number of sulfonamides is 1. The maximum atomic E-state index is 13.1. The lowest BCUT2D eigenvalue weighted by atomic mass is 9.93. The minimum absolute atomic E-state index is 0.0396. The van der Waals surface area contributed by atoms with Crippen LogP contribution in [-0.4, -0.2) is 81.0 Å². The second kappa shape index (κ2) is 11.1. The molecule has 10 heteroatoms. The molecule has 0 radical (unpaired) electrons. The topological polar surface area (TPSA) is 113 Å². The number of carbonyl (C=O) groups is 2. The third kappa shape index (κ3) is 5.33. The molecule has 4 rings (SSSR count). The van der Waals surface area contributed by atoms with Crippen LogP contribution in [0.1, 0.15) is 42.5 Å². The van der Waals surface area contributed by atoms with E-state index in [4.69, 9.17) is 9.47 Å². The zero-order valence-corrected chi connectivity index (χ0v) is 22.0. The van der Waals surface area contributed by atoms with Crippen molar-refractivity contribution in [2.45, 2.75) is 30.7 Å². The number of nitrogens with zero attached hydrogens (tertiary/aromatic N) is 2. The van der Waals surface area contributed by atoms with Crippen molar-refractivity contribution in [3.8, 4) is 0 Å². The summed E-state index contributed by atoms with van der Waals surface area (Å²) in [6, 6.07) is 12.5. The van der Waals surface area contributed by atoms with E-state index in [1.165, 1.54) is 40.6 Å². The lowest BCUT2D eigenvalue weighted by Crippen LogP contribution is -2.40. The summed E-state index contributed by atoms with van der Waals surface area (Å²) < 4.78 is 37.6. The molecule has 0 bridgehead atoms. The Balaban J connectivity index is 1.73. The molecule has 2 heterocycles. The first kappa shape index (κ1) is 27.0. The molecule has 2 aliphatic rings. The third-order valence-corrected chi connectivity index (χ3v) is 8.64. The smallest absolute Gasteiger partial charge is 0.295 e. The SMILES string of the molecule is COCCN1C(=O)C(=O)/C(=C(/O)c2ccc(S(=O)(=O)N3CCOCC3)cc2)C1c1ccc(C(C)C)cc1.